The molecule has 4 unspecified atom stereocenters. The maximum absolute atomic E-state index is 13.2. The molecule has 3 aliphatic heterocycles. The smallest absolute Gasteiger partial charge is 0.319 e. The number of nitrogens with zero attached hydrogens (tertiary/aromatic N) is 1. The number of carbonyl (C=O) groups excluding carboxylic acids is 1. The first kappa shape index (κ1) is 15.2. The van der Waals surface area contributed by atoms with Gasteiger partial charge in [0.2, 0.25) is 0 Å². The summed E-state index contributed by atoms with van der Waals surface area (Å²) in [7, 11) is 1.53. The minimum Gasteiger partial charge on any atom is -0.468 e. The number of benzene rings is 1. The van der Waals surface area contributed by atoms with Gasteiger partial charge in [-0.2, -0.15) is 0 Å². The van der Waals surface area contributed by atoms with Crippen LogP contribution in [0.2, 0.25) is 0 Å². The molecule has 1 aromatic heterocycles. The van der Waals surface area contributed by atoms with Crippen molar-refractivity contribution in [2.24, 2.45) is 5.92 Å². The van der Waals surface area contributed by atoms with Crippen molar-refractivity contribution in [2.45, 2.75) is 37.6 Å². The van der Waals surface area contributed by atoms with Gasteiger partial charge < -0.3 is 9.72 Å². The van der Waals surface area contributed by atoms with Gasteiger partial charge in [0.15, 0.2) is 0 Å². The van der Waals surface area contributed by atoms with Crippen molar-refractivity contribution in [3.63, 3.8) is 0 Å². The van der Waals surface area contributed by atoms with Gasteiger partial charge in [-0.1, -0.05) is 29.8 Å². The third kappa shape index (κ3) is 1.83. The van der Waals surface area contributed by atoms with Crippen LogP contribution in [0.1, 0.15) is 31.0 Å². The lowest BCUT2D eigenvalue weighted by molar-refractivity contribution is -0.155. The van der Waals surface area contributed by atoms with E-state index in [1.807, 2.05) is 0 Å². The Morgan fingerprint density at radius 3 is 3.04 bits per heavy atom. The molecule has 4 nitrogen and oxygen atoms in total. The van der Waals surface area contributed by atoms with E-state index in [4.69, 9.17) is 4.74 Å². The predicted octanol–water partition coefficient (Wildman–Crippen LogP) is 3.18. The molecule has 6 rings (SSSR count). The summed E-state index contributed by atoms with van der Waals surface area (Å²) in [4.78, 5) is 19.4. The third-order valence-electron chi connectivity index (χ3n) is 6.64. The number of nitrogens with one attached hydrogen (secondary N) is 1. The number of allylic oxidation sites excluding steroid dienone is 1. The number of carbonyl (C=O) groups is 1. The SMILES string of the molecule is CC=C1CC2CN3CCc4c([nH]c5ccccc45)C(C(=O)OC)(C2)C13. The fourth-order valence-corrected chi connectivity index (χ4v) is 5.82. The number of methoxy groups -OCH3 is 1. The number of hydrogen-bond acceptors (Lipinski definition) is 3. The van der Waals surface area contributed by atoms with Gasteiger partial charge in [-0.25, -0.2) is 0 Å². The second kappa shape index (κ2) is 5.21. The van der Waals surface area contributed by atoms with Gasteiger partial charge >= 0.3 is 5.97 Å². The number of para-hydroxylation sites is 1. The van der Waals surface area contributed by atoms with Crippen LogP contribution in [0.5, 0.6) is 0 Å². The summed E-state index contributed by atoms with van der Waals surface area (Å²) >= 11 is 0. The minimum absolute atomic E-state index is 0.0824. The van der Waals surface area contributed by atoms with Crippen LogP contribution in [-0.4, -0.2) is 42.1 Å². The second-order valence-electron chi connectivity index (χ2n) is 7.77. The molecule has 1 N–H and O–H groups in total. The van der Waals surface area contributed by atoms with Crippen molar-refractivity contribution in [1.29, 1.82) is 0 Å². The van der Waals surface area contributed by atoms with Gasteiger partial charge in [0.05, 0.1) is 13.2 Å². The molecule has 1 aliphatic carbocycles. The zero-order valence-corrected chi connectivity index (χ0v) is 14.8. The zero-order chi connectivity index (χ0) is 17.2. The average Bonchev–Trinajstić information content (AvgIpc) is 3.00. The van der Waals surface area contributed by atoms with Gasteiger partial charge in [-0.15, -0.1) is 0 Å². The Bertz CT molecular complexity index is 896. The summed E-state index contributed by atoms with van der Waals surface area (Å²) in [5, 5.41) is 1.26. The number of ether oxygens (including phenoxy) is 1. The first-order valence-corrected chi connectivity index (χ1v) is 9.26. The Balaban J connectivity index is 1.84. The van der Waals surface area contributed by atoms with Crippen LogP contribution >= 0.6 is 0 Å². The molecular formula is C21H24N2O2. The van der Waals surface area contributed by atoms with Crippen molar-refractivity contribution in [1.82, 2.24) is 9.88 Å². The Morgan fingerprint density at radius 2 is 2.24 bits per heavy atom. The number of rotatable bonds is 1. The minimum atomic E-state index is -0.595. The highest BCUT2D eigenvalue weighted by Crippen LogP contribution is 2.54. The highest BCUT2D eigenvalue weighted by atomic mass is 16.5. The van der Waals surface area contributed by atoms with Crippen molar-refractivity contribution in [3.05, 3.63) is 47.2 Å². The van der Waals surface area contributed by atoms with Gasteiger partial charge in [0, 0.05) is 29.7 Å². The zero-order valence-electron chi connectivity index (χ0n) is 14.8. The fourth-order valence-electron chi connectivity index (χ4n) is 5.82. The normalized spacial score (nSPS) is 34.8. The van der Waals surface area contributed by atoms with E-state index in [0.29, 0.717) is 5.92 Å². The molecule has 2 saturated heterocycles. The van der Waals surface area contributed by atoms with E-state index in [-0.39, 0.29) is 12.0 Å². The molecule has 0 amide bonds. The highest BCUT2D eigenvalue weighted by Gasteiger charge is 2.61. The molecule has 25 heavy (non-hydrogen) atoms. The Hall–Kier alpha value is -2.07. The molecular weight excluding hydrogens is 312 g/mol. The summed E-state index contributed by atoms with van der Waals surface area (Å²) < 4.78 is 5.41. The van der Waals surface area contributed by atoms with Crippen LogP contribution in [0.15, 0.2) is 35.9 Å². The van der Waals surface area contributed by atoms with Crippen molar-refractivity contribution < 1.29 is 9.53 Å². The standard InChI is InChI=1S/C21H24N2O2/c1-3-14-10-13-11-21(20(24)25-2)18-16(8-9-23(12-13)19(14)21)15-6-4-5-7-17(15)22-18/h3-7,13,19,22H,8-12H2,1-2H3. The molecule has 4 bridgehead atoms. The summed E-state index contributed by atoms with van der Waals surface area (Å²) in [5.41, 5.74) is 4.36. The van der Waals surface area contributed by atoms with Crippen molar-refractivity contribution >= 4 is 16.9 Å². The largest absolute Gasteiger partial charge is 0.468 e. The van der Waals surface area contributed by atoms with Gasteiger partial charge in [0.25, 0.3) is 0 Å². The lowest BCUT2D eigenvalue weighted by Gasteiger charge is -2.55. The number of piperidine rings is 2. The van der Waals surface area contributed by atoms with Crippen LogP contribution in [0.25, 0.3) is 10.9 Å². The average molecular weight is 336 g/mol. The maximum atomic E-state index is 13.2. The van der Waals surface area contributed by atoms with E-state index >= 15 is 0 Å². The Morgan fingerprint density at radius 1 is 1.40 bits per heavy atom. The molecule has 0 radical (unpaired) electrons. The lowest BCUT2D eigenvalue weighted by atomic mass is 9.59. The fraction of sp³-hybridized carbons (Fsp3) is 0.476. The van der Waals surface area contributed by atoms with Crippen molar-refractivity contribution in [2.75, 3.05) is 20.2 Å². The monoisotopic (exact) mass is 336 g/mol. The summed E-state index contributed by atoms with van der Waals surface area (Å²) in [6, 6.07) is 8.56. The quantitative estimate of drug-likeness (QED) is 0.643. The molecule has 1 saturated carbocycles. The molecule has 4 heterocycles. The van der Waals surface area contributed by atoms with E-state index in [0.717, 1.165) is 43.6 Å². The molecule has 4 heteroatoms. The van der Waals surface area contributed by atoms with Crippen LogP contribution in [-0.2, 0) is 21.4 Å². The summed E-state index contributed by atoms with van der Waals surface area (Å²) in [6.07, 6.45) is 5.22. The molecule has 130 valence electrons. The van der Waals surface area contributed by atoms with E-state index in [1.54, 1.807) is 0 Å². The number of H-pyrrole nitrogens is 1. The lowest BCUT2D eigenvalue weighted by Crippen LogP contribution is -2.65. The van der Waals surface area contributed by atoms with Crippen LogP contribution in [0.3, 0.4) is 0 Å². The Labute approximate surface area is 147 Å². The molecule has 3 fully saturated rings. The summed E-state index contributed by atoms with van der Waals surface area (Å²) in [6.45, 7) is 4.22. The first-order valence-electron chi connectivity index (χ1n) is 9.26. The molecule has 4 aliphatic rings. The van der Waals surface area contributed by atoms with E-state index in [1.165, 1.54) is 23.6 Å². The number of esters is 1. The molecule has 4 atom stereocenters. The predicted molar refractivity (Wildman–Crippen MR) is 97.5 cm³/mol. The van der Waals surface area contributed by atoms with Crippen LogP contribution in [0.4, 0.5) is 0 Å². The Kier molecular flexibility index (Phi) is 3.17. The molecule has 2 aromatic rings. The first-order chi connectivity index (χ1) is 12.2. The summed E-state index contributed by atoms with van der Waals surface area (Å²) in [5.74, 6) is 0.439. The van der Waals surface area contributed by atoms with Crippen molar-refractivity contribution in [3.8, 4) is 0 Å². The van der Waals surface area contributed by atoms with Gasteiger partial charge in [-0.3, -0.25) is 9.69 Å². The molecule has 0 spiro atoms. The number of fused-ring (bicyclic) bond motifs is 4. The second-order valence-corrected chi connectivity index (χ2v) is 7.77. The number of aromatic nitrogens is 1. The van der Waals surface area contributed by atoms with Gasteiger partial charge in [0.1, 0.15) is 5.41 Å². The molecule has 1 aromatic carbocycles. The number of hydrogen-bond donors (Lipinski definition) is 1. The maximum Gasteiger partial charge on any atom is 0.319 e. The third-order valence-corrected chi connectivity index (χ3v) is 6.64. The van der Waals surface area contributed by atoms with E-state index in [2.05, 4.69) is 47.1 Å². The van der Waals surface area contributed by atoms with Gasteiger partial charge in [-0.05, 0) is 43.7 Å². The topological polar surface area (TPSA) is 45.3 Å². The number of aromatic amines is 1. The van der Waals surface area contributed by atoms with Crippen LogP contribution in [0, 0.1) is 5.92 Å². The van der Waals surface area contributed by atoms with E-state index < -0.39 is 5.41 Å². The highest BCUT2D eigenvalue weighted by molar-refractivity contribution is 5.92. The van der Waals surface area contributed by atoms with Crippen LogP contribution < -0.4 is 0 Å². The van der Waals surface area contributed by atoms with E-state index in [9.17, 15) is 4.79 Å².